The summed E-state index contributed by atoms with van der Waals surface area (Å²) in [7, 11) is -2.15. The molecule has 0 bridgehead atoms. The number of hydrogen-bond donors (Lipinski definition) is 0. The van der Waals surface area contributed by atoms with Crippen molar-refractivity contribution in [2.24, 2.45) is 0 Å². The summed E-state index contributed by atoms with van der Waals surface area (Å²) < 4.78 is 11.5. The Morgan fingerprint density at radius 3 is 1.80 bits per heavy atom. The van der Waals surface area contributed by atoms with E-state index in [4.69, 9.17) is 8.85 Å². The minimum Gasteiger partial charge on any atom is -0.544 e. The van der Waals surface area contributed by atoms with Gasteiger partial charge in [0.1, 0.15) is 11.5 Å². The van der Waals surface area contributed by atoms with Gasteiger partial charge in [-0.05, 0) is 57.0 Å². The fourth-order valence-electron chi connectivity index (χ4n) is 1.16. The molecule has 0 amide bonds. The standard InChI is InChI=1S/C11H19O2Si2/c1-14(2)12-10-6-8-11(9-7-10)13-15(3,4)5/h6-9H,1-5H3. The SMILES string of the molecule is C[Si](C)Oc1ccc(O[Si](C)(C)C)cc1. The normalized spacial score (nSPS) is 11.6. The lowest BCUT2D eigenvalue weighted by atomic mass is 10.3. The maximum atomic E-state index is 5.85. The van der Waals surface area contributed by atoms with Crippen molar-refractivity contribution in [2.45, 2.75) is 32.7 Å². The Balaban J connectivity index is 2.64. The van der Waals surface area contributed by atoms with E-state index >= 15 is 0 Å². The summed E-state index contributed by atoms with van der Waals surface area (Å²) in [6.45, 7) is 10.8. The van der Waals surface area contributed by atoms with Crippen LogP contribution in [0, 0.1) is 0 Å². The second-order valence-electron chi connectivity index (χ2n) is 4.70. The van der Waals surface area contributed by atoms with Crippen molar-refractivity contribution in [3.63, 3.8) is 0 Å². The van der Waals surface area contributed by atoms with Gasteiger partial charge < -0.3 is 8.85 Å². The first-order valence-electron chi connectivity index (χ1n) is 5.14. The van der Waals surface area contributed by atoms with Crippen molar-refractivity contribution in [3.05, 3.63) is 24.3 Å². The maximum absolute atomic E-state index is 5.85. The Bertz CT molecular complexity index is 301. The summed E-state index contributed by atoms with van der Waals surface area (Å²) in [5, 5.41) is 0. The molecule has 15 heavy (non-hydrogen) atoms. The van der Waals surface area contributed by atoms with Gasteiger partial charge in [0.25, 0.3) is 9.04 Å². The lowest BCUT2D eigenvalue weighted by Gasteiger charge is -2.19. The van der Waals surface area contributed by atoms with Crippen LogP contribution in [-0.2, 0) is 0 Å². The lowest BCUT2D eigenvalue weighted by Crippen LogP contribution is -2.29. The number of benzene rings is 1. The summed E-state index contributed by atoms with van der Waals surface area (Å²) in [5.41, 5.74) is 0. The first-order chi connectivity index (χ1) is 6.87. The molecular formula is C11H19O2Si2. The van der Waals surface area contributed by atoms with Gasteiger partial charge in [0, 0.05) is 0 Å². The summed E-state index contributed by atoms with van der Waals surface area (Å²) in [4.78, 5) is 0. The van der Waals surface area contributed by atoms with E-state index in [-0.39, 0.29) is 0 Å². The van der Waals surface area contributed by atoms with Gasteiger partial charge in [0.15, 0.2) is 0 Å². The third kappa shape index (κ3) is 5.04. The van der Waals surface area contributed by atoms with Crippen LogP contribution in [0.3, 0.4) is 0 Å². The van der Waals surface area contributed by atoms with Crippen molar-refractivity contribution in [1.82, 2.24) is 0 Å². The molecule has 0 aliphatic rings. The highest BCUT2D eigenvalue weighted by Gasteiger charge is 2.15. The average Bonchev–Trinajstić information content (AvgIpc) is 2.05. The van der Waals surface area contributed by atoms with Crippen LogP contribution in [-0.4, -0.2) is 17.4 Å². The van der Waals surface area contributed by atoms with Crippen LogP contribution in [0.25, 0.3) is 0 Å². The predicted octanol–water partition coefficient (Wildman–Crippen LogP) is 3.53. The molecule has 0 unspecified atom stereocenters. The van der Waals surface area contributed by atoms with Gasteiger partial charge in [-0.3, -0.25) is 0 Å². The summed E-state index contributed by atoms with van der Waals surface area (Å²) in [6, 6.07) is 7.93. The smallest absolute Gasteiger partial charge is 0.274 e. The Morgan fingerprint density at radius 1 is 0.933 bits per heavy atom. The molecule has 0 aliphatic carbocycles. The summed E-state index contributed by atoms with van der Waals surface area (Å²) >= 11 is 0. The Kier molecular flexibility index (Phi) is 3.99. The molecular weight excluding hydrogens is 220 g/mol. The largest absolute Gasteiger partial charge is 0.544 e. The van der Waals surface area contributed by atoms with E-state index in [1.165, 1.54) is 0 Å². The van der Waals surface area contributed by atoms with E-state index in [0.29, 0.717) is 0 Å². The van der Waals surface area contributed by atoms with Gasteiger partial charge in [-0.25, -0.2) is 0 Å². The van der Waals surface area contributed by atoms with E-state index in [0.717, 1.165) is 11.5 Å². The molecule has 0 saturated carbocycles. The molecule has 0 saturated heterocycles. The predicted molar refractivity (Wildman–Crippen MR) is 68.5 cm³/mol. The highest BCUT2D eigenvalue weighted by Crippen LogP contribution is 2.20. The Morgan fingerprint density at radius 2 is 1.40 bits per heavy atom. The summed E-state index contributed by atoms with van der Waals surface area (Å²) in [5.74, 6) is 1.89. The Hall–Kier alpha value is -0.746. The van der Waals surface area contributed by atoms with Gasteiger partial charge in [-0.1, -0.05) is 0 Å². The Labute approximate surface area is 95.1 Å². The highest BCUT2D eigenvalue weighted by atomic mass is 28.4. The number of hydrogen-bond acceptors (Lipinski definition) is 2. The van der Waals surface area contributed by atoms with Crippen LogP contribution in [0.5, 0.6) is 11.5 Å². The van der Waals surface area contributed by atoms with Crippen LogP contribution >= 0.6 is 0 Å². The molecule has 0 atom stereocenters. The topological polar surface area (TPSA) is 18.5 Å². The van der Waals surface area contributed by atoms with Gasteiger partial charge >= 0.3 is 0 Å². The molecule has 1 aromatic rings. The van der Waals surface area contributed by atoms with Crippen molar-refractivity contribution in [1.29, 1.82) is 0 Å². The molecule has 4 heteroatoms. The third-order valence-corrected chi connectivity index (χ3v) is 3.06. The summed E-state index contributed by atoms with van der Waals surface area (Å²) in [6.07, 6.45) is 0. The van der Waals surface area contributed by atoms with Crippen LogP contribution in [0.1, 0.15) is 0 Å². The van der Waals surface area contributed by atoms with Crippen molar-refractivity contribution in [3.8, 4) is 11.5 Å². The molecule has 0 spiro atoms. The first-order valence-corrected chi connectivity index (χ1v) is 11.0. The van der Waals surface area contributed by atoms with E-state index in [1.807, 2.05) is 24.3 Å². The van der Waals surface area contributed by atoms with Gasteiger partial charge in [-0.2, -0.15) is 0 Å². The molecule has 0 N–H and O–H groups in total. The maximum Gasteiger partial charge on any atom is 0.274 e. The third-order valence-electron chi connectivity index (χ3n) is 1.57. The van der Waals surface area contributed by atoms with Crippen LogP contribution in [0.4, 0.5) is 0 Å². The highest BCUT2D eigenvalue weighted by molar-refractivity contribution is 6.70. The van der Waals surface area contributed by atoms with E-state index in [2.05, 4.69) is 32.7 Å². The minimum absolute atomic E-state index is 0.666. The van der Waals surface area contributed by atoms with Crippen LogP contribution in [0.15, 0.2) is 24.3 Å². The van der Waals surface area contributed by atoms with Crippen LogP contribution < -0.4 is 8.85 Å². The zero-order chi connectivity index (χ0) is 11.5. The molecule has 0 aromatic heterocycles. The zero-order valence-electron chi connectivity index (χ0n) is 10.1. The molecule has 1 rings (SSSR count). The van der Waals surface area contributed by atoms with Gasteiger partial charge in [-0.15, -0.1) is 0 Å². The molecule has 0 aliphatic heterocycles. The van der Waals surface area contributed by atoms with Crippen molar-refractivity contribution >= 4 is 17.4 Å². The van der Waals surface area contributed by atoms with Gasteiger partial charge in [0.05, 0.1) is 0 Å². The van der Waals surface area contributed by atoms with Crippen molar-refractivity contribution in [2.75, 3.05) is 0 Å². The molecule has 2 nitrogen and oxygen atoms in total. The molecule has 0 fully saturated rings. The molecule has 83 valence electrons. The second-order valence-corrected chi connectivity index (χ2v) is 11.1. The first kappa shape index (κ1) is 12.3. The van der Waals surface area contributed by atoms with Crippen LogP contribution in [0.2, 0.25) is 32.7 Å². The van der Waals surface area contributed by atoms with Crippen molar-refractivity contribution < 1.29 is 8.85 Å². The van der Waals surface area contributed by atoms with E-state index in [9.17, 15) is 0 Å². The molecule has 0 heterocycles. The lowest BCUT2D eigenvalue weighted by molar-refractivity contribution is 0.549. The van der Waals surface area contributed by atoms with E-state index < -0.39 is 17.4 Å². The molecule has 1 aromatic carbocycles. The quantitative estimate of drug-likeness (QED) is 0.748. The van der Waals surface area contributed by atoms with E-state index in [1.54, 1.807) is 0 Å². The minimum atomic E-state index is -1.48. The monoisotopic (exact) mass is 239 g/mol. The molecule has 1 radical (unpaired) electrons. The number of rotatable bonds is 4. The van der Waals surface area contributed by atoms with Gasteiger partial charge in [0.2, 0.25) is 8.32 Å². The average molecular weight is 239 g/mol. The fraction of sp³-hybridized carbons (Fsp3) is 0.455. The fourth-order valence-corrected chi connectivity index (χ4v) is 2.62. The zero-order valence-corrected chi connectivity index (χ0v) is 12.1. The second kappa shape index (κ2) is 4.85.